The second-order valence-corrected chi connectivity index (χ2v) is 2.97. The summed E-state index contributed by atoms with van der Waals surface area (Å²) in [4.78, 5) is 16.0. The predicted octanol–water partition coefficient (Wildman–Crippen LogP) is 0.760. The molecule has 1 N–H and O–H groups in total. The van der Waals surface area contributed by atoms with Crippen molar-refractivity contribution < 1.29 is 19.1 Å². The Kier molecular flexibility index (Phi) is 5.98. The van der Waals surface area contributed by atoms with Crippen LogP contribution in [0.4, 0.5) is 0 Å². The van der Waals surface area contributed by atoms with E-state index in [4.69, 9.17) is 14.3 Å². The zero-order chi connectivity index (χ0) is 11.6. The van der Waals surface area contributed by atoms with E-state index in [1.807, 2.05) is 18.2 Å². The average molecular weight is 225 g/mol. The van der Waals surface area contributed by atoms with Crippen molar-refractivity contribution in [2.45, 2.75) is 0 Å². The lowest BCUT2D eigenvalue weighted by molar-refractivity contribution is -0.136. The van der Waals surface area contributed by atoms with E-state index in [2.05, 4.69) is 5.48 Å². The molecule has 16 heavy (non-hydrogen) atoms. The van der Waals surface area contributed by atoms with Crippen LogP contribution in [0.15, 0.2) is 30.3 Å². The maximum absolute atomic E-state index is 11.2. The summed E-state index contributed by atoms with van der Waals surface area (Å²) in [5.41, 5.74) is 2.24. The van der Waals surface area contributed by atoms with Gasteiger partial charge in [0.05, 0.1) is 13.2 Å². The van der Waals surface area contributed by atoms with E-state index in [1.54, 1.807) is 19.2 Å². The lowest BCUT2D eigenvalue weighted by Crippen LogP contribution is -2.30. The Bertz CT molecular complexity index is 302. The minimum Gasteiger partial charge on any atom is -0.484 e. The number of hydroxylamine groups is 1. The lowest BCUT2D eigenvalue weighted by Gasteiger charge is -2.07. The fraction of sp³-hybridized carbons (Fsp3) is 0.364. The molecule has 5 nitrogen and oxygen atoms in total. The highest BCUT2D eigenvalue weighted by atomic mass is 16.7. The molecule has 1 amide bonds. The van der Waals surface area contributed by atoms with Crippen molar-refractivity contribution >= 4 is 5.91 Å². The van der Waals surface area contributed by atoms with E-state index in [0.717, 1.165) is 0 Å². The van der Waals surface area contributed by atoms with Gasteiger partial charge in [0, 0.05) is 7.11 Å². The highest BCUT2D eigenvalue weighted by molar-refractivity contribution is 5.76. The first-order valence-electron chi connectivity index (χ1n) is 4.90. The number of nitrogens with one attached hydrogen (secondary N) is 1. The van der Waals surface area contributed by atoms with Crippen molar-refractivity contribution in [1.82, 2.24) is 5.48 Å². The molecule has 0 aromatic heterocycles. The molecule has 0 aliphatic rings. The molecule has 0 aliphatic carbocycles. The van der Waals surface area contributed by atoms with Gasteiger partial charge in [-0.1, -0.05) is 18.2 Å². The smallest absolute Gasteiger partial charge is 0.281 e. The number of hydrogen-bond donors (Lipinski definition) is 1. The molecule has 0 saturated heterocycles. The summed E-state index contributed by atoms with van der Waals surface area (Å²) in [6, 6.07) is 9.10. The molecule has 0 saturated carbocycles. The summed E-state index contributed by atoms with van der Waals surface area (Å²) in [5.74, 6) is 0.314. The summed E-state index contributed by atoms with van der Waals surface area (Å²) in [6.45, 7) is 0.671. The van der Waals surface area contributed by atoms with Crippen LogP contribution in [-0.4, -0.2) is 32.8 Å². The molecule has 0 atom stereocenters. The first-order chi connectivity index (χ1) is 7.83. The Morgan fingerprint density at radius 1 is 1.25 bits per heavy atom. The number of methoxy groups -OCH3 is 1. The van der Waals surface area contributed by atoms with E-state index >= 15 is 0 Å². The summed E-state index contributed by atoms with van der Waals surface area (Å²) < 4.78 is 9.95. The van der Waals surface area contributed by atoms with E-state index in [0.29, 0.717) is 19.0 Å². The first kappa shape index (κ1) is 12.5. The van der Waals surface area contributed by atoms with Crippen LogP contribution in [0, 0.1) is 0 Å². The van der Waals surface area contributed by atoms with Crippen molar-refractivity contribution in [2.24, 2.45) is 0 Å². The van der Waals surface area contributed by atoms with Gasteiger partial charge < -0.3 is 9.47 Å². The molecule has 1 aromatic rings. The Morgan fingerprint density at radius 2 is 2.00 bits per heavy atom. The van der Waals surface area contributed by atoms with Crippen LogP contribution in [0.25, 0.3) is 0 Å². The van der Waals surface area contributed by atoms with E-state index < -0.39 is 0 Å². The predicted molar refractivity (Wildman–Crippen MR) is 57.9 cm³/mol. The van der Waals surface area contributed by atoms with Crippen LogP contribution in [0.1, 0.15) is 0 Å². The Hall–Kier alpha value is -1.59. The molecule has 0 radical (unpaired) electrons. The highest BCUT2D eigenvalue weighted by Crippen LogP contribution is 2.07. The van der Waals surface area contributed by atoms with Gasteiger partial charge in [-0.3, -0.25) is 9.63 Å². The monoisotopic (exact) mass is 225 g/mol. The third kappa shape index (κ3) is 5.33. The molecular formula is C11H15NO4. The van der Waals surface area contributed by atoms with Gasteiger partial charge in [0.25, 0.3) is 5.91 Å². The molecule has 0 unspecified atom stereocenters. The van der Waals surface area contributed by atoms with Gasteiger partial charge in [-0.25, -0.2) is 5.48 Å². The van der Waals surface area contributed by atoms with Crippen LogP contribution in [-0.2, 0) is 14.4 Å². The largest absolute Gasteiger partial charge is 0.484 e. The molecule has 0 heterocycles. The van der Waals surface area contributed by atoms with Gasteiger partial charge in [-0.15, -0.1) is 0 Å². The Labute approximate surface area is 94.3 Å². The van der Waals surface area contributed by atoms with Crippen molar-refractivity contribution in [2.75, 3.05) is 26.9 Å². The lowest BCUT2D eigenvalue weighted by atomic mass is 10.3. The quantitative estimate of drug-likeness (QED) is 0.550. The van der Waals surface area contributed by atoms with Crippen LogP contribution < -0.4 is 10.2 Å². The number of carbonyl (C=O) groups is 1. The highest BCUT2D eigenvalue weighted by Gasteiger charge is 2.01. The number of amides is 1. The fourth-order valence-corrected chi connectivity index (χ4v) is 0.952. The van der Waals surface area contributed by atoms with E-state index in [9.17, 15) is 4.79 Å². The average Bonchev–Trinajstić information content (AvgIpc) is 2.33. The zero-order valence-corrected chi connectivity index (χ0v) is 9.14. The minimum absolute atomic E-state index is 0.0724. The van der Waals surface area contributed by atoms with E-state index in [1.165, 1.54) is 0 Å². The minimum atomic E-state index is -0.333. The number of hydrogen-bond acceptors (Lipinski definition) is 4. The molecule has 0 spiro atoms. The summed E-state index contributed by atoms with van der Waals surface area (Å²) in [5, 5.41) is 0. The van der Waals surface area contributed by atoms with Gasteiger partial charge in [0.15, 0.2) is 6.61 Å². The fourth-order valence-electron chi connectivity index (χ4n) is 0.952. The third-order valence-corrected chi connectivity index (χ3v) is 1.69. The number of para-hydroxylation sites is 1. The van der Waals surface area contributed by atoms with Crippen LogP contribution in [0.5, 0.6) is 5.75 Å². The summed E-state index contributed by atoms with van der Waals surface area (Å²) in [6.07, 6.45) is 0. The molecule has 88 valence electrons. The van der Waals surface area contributed by atoms with Gasteiger partial charge in [-0.2, -0.15) is 0 Å². The maximum atomic E-state index is 11.2. The van der Waals surface area contributed by atoms with Gasteiger partial charge >= 0.3 is 0 Å². The van der Waals surface area contributed by atoms with Gasteiger partial charge in [-0.05, 0) is 12.1 Å². The maximum Gasteiger partial charge on any atom is 0.281 e. The standard InChI is InChI=1S/C11H15NO4/c1-14-7-8-16-12-11(13)9-15-10-5-3-2-4-6-10/h2-6H,7-9H2,1H3,(H,12,13). The van der Waals surface area contributed by atoms with Crippen LogP contribution in [0.2, 0.25) is 0 Å². The second kappa shape index (κ2) is 7.67. The molecular weight excluding hydrogens is 210 g/mol. The van der Waals surface area contributed by atoms with Gasteiger partial charge in [0.2, 0.25) is 0 Å². The number of carbonyl (C=O) groups excluding carboxylic acids is 1. The Balaban J connectivity index is 2.11. The number of ether oxygens (including phenoxy) is 2. The van der Waals surface area contributed by atoms with Crippen molar-refractivity contribution in [1.29, 1.82) is 0 Å². The first-order valence-corrected chi connectivity index (χ1v) is 4.90. The Morgan fingerprint density at radius 3 is 2.69 bits per heavy atom. The van der Waals surface area contributed by atoms with Crippen LogP contribution in [0.3, 0.4) is 0 Å². The second-order valence-electron chi connectivity index (χ2n) is 2.97. The SMILES string of the molecule is COCCONC(=O)COc1ccccc1. The molecule has 0 aliphatic heterocycles. The molecule has 0 bridgehead atoms. The topological polar surface area (TPSA) is 56.8 Å². The molecule has 5 heteroatoms. The normalized spacial score (nSPS) is 9.81. The zero-order valence-electron chi connectivity index (χ0n) is 9.14. The molecule has 0 fully saturated rings. The number of benzene rings is 1. The van der Waals surface area contributed by atoms with E-state index in [-0.39, 0.29) is 12.5 Å². The van der Waals surface area contributed by atoms with Gasteiger partial charge in [0.1, 0.15) is 5.75 Å². The third-order valence-electron chi connectivity index (χ3n) is 1.69. The van der Waals surface area contributed by atoms with Crippen LogP contribution >= 0.6 is 0 Å². The summed E-state index contributed by atoms with van der Waals surface area (Å²) in [7, 11) is 1.56. The van der Waals surface area contributed by atoms with Crippen molar-refractivity contribution in [3.8, 4) is 5.75 Å². The number of rotatable bonds is 7. The molecule has 1 rings (SSSR count). The summed E-state index contributed by atoms with van der Waals surface area (Å²) >= 11 is 0. The van der Waals surface area contributed by atoms with Crippen molar-refractivity contribution in [3.05, 3.63) is 30.3 Å². The molecule has 1 aromatic carbocycles. The van der Waals surface area contributed by atoms with Crippen molar-refractivity contribution in [3.63, 3.8) is 0 Å².